The standard InChI is InChI=1S/C36H46N2/c1-24(2)17-30-11-9-13-32(22-30)37-34-20-29(8)36(21-27(34)6)38(35-16-15-26(5)19-28(35)7)33-14-10-12-31(23-33)18-25(3)4/h9-16,19-25,28,35,37H,17-18H2,1-8H3. The summed E-state index contributed by atoms with van der Waals surface area (Å²) < 4.78 is 0. The van der Waals surface area contributed by atoms with E-state index in [0.717, 1.165) is 18.5 Å². The first-order chi connectivity index (χ1) is 18.1. The fraction of sp³-hybridized carbons (Fsp3) is 0.389. The topological polar surface area (TPSA) is 15.3 Å². The van der Waals surface area contributed by atoms with Crippen LogP contribution in [0.2, 0.25) is 0 Å². The molecule has 0 saturated carbocycles. The lowest BCUT2D eigenvalue weighted by Gasteiger charge is -2.38. The van der Waals surface area contributed by atoms with Gasteiger partial charge in [0.2, 0.25) is 0 Å². The lowest BCUT2D eigenvalue weighted by Crippen LogP contribution is -2.36. The Morgan fingerprint density at radius 3 is 2.11 bits per heavy atom. The number of nitrogens with zero attached hydrogens (tertiary/aromatic N) is 1. The Bertz CT molecular complexity index is 1310. The average Bonchev–Trinajstić information content (AvgIpc) is 2.83. The molecule has 0 aliphatic heterocycles. The second-order valence-electron chi connectivity index (χ2n) is 12.1. The van der Waals surface area contributed by atoms with E-state index in [1.807, 2.05) is 0 Å². The third-order valence-electron chi connectivity index (χ3n) is 7.40. The van der Waals surface area contributed by atoms with Gasteiger partial charge in [-0.1, -0.05) is 82.7 Å². The van der Waals surface area contributed by atoms with Crippen molar-refractivity contribution in [2.75, 3.05) is 10.2 Å². The van der Waals surface area contributed by atoms with Crippen LogP contribution in [0.25, 0.3) is 0 Å². The SMILES string of the molecule is CC1=CC(C)C(N(c2cccc(CC(C)C)c2)c2cc(C)c(Nc3cccc(CC(C)C)c3)cc2C)C=C1. The molecule has 0 saturated heterocycles. The van der Waals surface area contributed by atoms with Crippen molar-refractivity contribution in [2.24, 2.45) is 17.8 Å². The summed E-state index contributed by atoms with van der Waals surface area (Å²) in [4.78, 5) is 2.56. The molecule has 2 nitrogen and oxygen atoms in total. The van der Waals surface area contributed by atoms with E-state index in [2.05, 4.69) is 144 Å². The highest BCUT2D eigenvalue weighted by atomic mass is 15.2. The molecule has 2 atom stereocenters. The zero-order valence-corrected chi connectivity index (χ0v) is 24.7. The summed E-state index contributed by atoms with van der Waals surface area (Å²) in [7, 11) is 0. The van der Waals surface area contributed by atoms with Gasteiger partial charge in [-0.2, -0.15) is 0 Å². The van der Waals surface area contributed by atoms with Crippen molar-refractivity contribution in [3.05, 3.63) is 107 Å². The van der Waals surface area contributed by atoms with Crippen LogP contribution < -0.4 is 10.2 Å². The maximum Gasteiger partial charge on any atom is 0.0585 e. The third kappa shape index (κ3) is 6.78. The molecule has 2 heteroatoms. The predicted octanol–water partition coefficient (Wildman–Crippen LogP) is 10.1. The fourth-order valence-corrected chi connectivity index (χ4v) is 5.69. The molecular weight excluding hydrogens is 460 g/mol. The first-order valence-electron chi connectivity index (χ1n) is 14.3. The summed E-state index contributed by atoms with van der Waals surface area (Å²) in [6.45, 7) is 18.1. The second kappa shape index (κ2) is 12.1. The Hall–Kier alpha value is -3.26. The Balaban J connectivity index is 1.73. The van der Waals surface area contributed by atoms with Gasteiger partial charge in [0, 0.05) is 22.7 Å². The Morgan fingerprint density at radius 2 is 1.45 bits per heavy atom. The zero-order chi connectivity index (χ0) is 27.4. The lowest BCUT2D eigenvalue weighted by molar-refractivity contribution is 0.603. The van der Waals surface area contributed by atoms with Gasteiger partial charge < -0.3 is 10.2 Å². The molecule has 38 heavy (non-hydrogen) atoms. The van der Waals surface area contributed by atoms with Gasteiger partial charge >= 0.3 is 0 Å². The van der Waals surface area contributed by atoms with E-state index in [1.165, 1.54) is 44.9 Å². The van der Waals surface area contributed by atoms with E-state index in [4.69, 9.17) is 0 Å². The Labute approximate surface area is 231 Å². The molecule has 3 aromatic carbocycles. The second-order valence-corrected chi connectivity index (χ2v) is 12.1. The van der Waals surface area contributed by atoms with Crippen LogP contribution in [0, 0.1) is 31.6 Å². The molecule has 0 aromatic heterocycles. The van der Waals surface area contributed by atoms with Gasteiger partial charge in [0.05, 0.1) is 6.04 Å². The van der Waals surface area contributed by atoms with Crippen LogP contribution in [-0.4, -0.2) is 6.04 Å². The highest BCUT2D eigenvalue weighted by Gasteiger charge is 2.27. The largest absolute Gasteiger partial charge is 0.355 e. The molecule has 4 rings (SSSR count). The molecule has 0 radical (unpaired) electrons. The number of nitrogens with one attached hydrogen (secondary N) is 1. The molecule has 0 bridgehead atoms. The number of hydrogen-bond donors (Lipinski definition) is 1. The molecule has 0 spiro atoms. The maximum atomic E-state index is 3.72. The van der Waals surface area contributed by atoms with E-state index >= 15 is 0 Å². The zero-order valence-electron chi connectivity index (χ0n) is 24.7. The summed E-state index contributed by atoms with van der Waals surface area (Å²) in [6, 6.07) is 23.0. The molecule has 1 aliphatic carbocycles. The van der Waals surface area contributed by atoms with E-state index in [9.17, 15) is 0 Å². The van der Waals surface area contributed by atoms with Crippen LogP contribution in [0.15, 0.2) is 84.5 Å². The van der Waals surface area contributed by atoms with Crippen LogP contribution in [0.4, 0.5) is 22.7 Å². The summed E-state index contributed by atoms with van der Waals surface area (Å²) >= 11 is 0. The minimum absolute atomic E-state index is 0.262. The number of benzene rings is 3. The van der Waals surface area contributed by atoms with Crippen LogP contribution >= 0.6 is 0 Å². The van der Waals surface area contributed by atoms with Crippen molar-refractivity contribution in [3.63, 3.8) is 0 Å². The van der Waals surface area contributed by atoms with E-state index < -0.39 is 0 Å². The predicted molar refractivity (Wildman–Crippen MR) is 167 cm³/mol. The van der Waals surface area contributed by atoms with Gasteiger partial charge in [-0.05, 0) is 110 Å². The highest BCUT2D eigenvalue weighted by Crippen LogP contribution is 2.39. The average molecular weight is 507 g/mol. The van der Waals surface area contributed by atoms with E-state index in [-0.39, 0.29) is 6.04 Å². The normalized spacial score (nSPS) is 17.2. The quantitative estimate of drug-likeness (QED) is 0.310. The minimum Gasteiger partial charge on any atom is -0.355 e. The smallest absolute Gasteiger partial charge is 0.0585 e. The van der Waals surface area contributed by atoms with Gasteiger partial charge in [-0.15, -0.1) is 0 Å². The van der Waals surface area contributed by atoms with Gasteiger partial charge in [0.15, 0.2) is 0 Å². The summed E-state index contributed by atoms with van der Waals surface area (Å²) in [5.74, 6) is 1.69. The Morgan fingerprint density at radius 1 is 0.789 bits per heavy atom. The fourth-order valence-electron chi connectivity index (χ4n) is 5.69. The molecule has 2 unspecified atom stereocenters. The molecule has 1 N–H and O–H groups in total. The van der Waals surface area contributed by atoms with Crippen molar-refractivity contribution in [3.8, 4) is 0 Å². The van der Waals surface area contributed by atoms with Gasteiger partial charge in [-0.3, -0.25) is 0 Å². The number of allylic oxidation sites excluding steroid dienone is 2. The number of rotatable bonds is 9. The molecular formula is C36H46N2. The summed E-state index contributed by atoms with van der Waals surface area (Å²) in [6.07, 6.45) is 9.25. The first-order valence-corrected chi connectivity index (χ1v) is 14.3. The third-order valence-corrected chi connectivity index (χ3v) is 7.40. The van der Waals surface area contributed by atoms with Crippen LogP contribution in [0.3, 0.4) is 0 Å². The van der Waals surface area contributed by atoms with Gasteiger partial charge in [0.1, 0.15) is 0 Å². The van der Waals surface area contributed by atoms with Crippen molar-refractivity contribution in [1.29, 1.82) is 0 Å². The molecule has 0 amide bonds. The van der Waals surface area contributed by atoms with Crippen molar-refractivity contribution < 1.29 is 0 Å². The molecule has 3 aromatic rings. The Kier molecular flexibility index (Phi) is 8.82. The van der Waals surface area contributed by atoms with Gasteiger partial charge in [0.25, 0.3) is 0 Å². The monoisotopic (exact) mass is 506 g/mol. The minimum atomic E-state index is 0.262. The number of aryl methyl sites for hydroxylation is 2. The molecule has 0 heterocycles. The maximum absolute atomic E-state index is 3.72. The summed E-state index contributed by atoms with van der Waals surface area (Å²) in [5.41, 5.74) is 11.5. The summed E-state index contributed by atoms with van der Waals surface area (Å²) in [5, 5.41) is 3.72. The lowest BCUT2D eigenvalue weighted by atomic mass is 9.90. The first kappa shape index (κ1) is 27.8. The van der Waals surface area contributed by atoms with E-state index in [1.54, 1.807) is 0 Å². The molecule has 200 valence electrons. The number of hydrogen-bond acceptors (Lipinski definition) is 2. The van der Waals surface area contributed by atoms with Crippen LogP contribution in [-0.2, 0) is 12.8 Å². The van der Waals surface area contributed by atoms with E-state index in [0.29, 0.717) is 17.8 Å². The van der Waals surface area contributed by atoms with Crippen LogP contribution in [0.5, 0.6) is 0 Å². The van der Waals surface area contributed by atoms with Gasteiger partial charge in [-0.25, -0.2) is 0 Å². The molecule has 1 aliphatic rings. The highest BCUT2D eigenvalue weighted by molar-refractivity contribution is 5.75. The van der Waals surface area contributed by atoms with Crippen LogP contribution in [0.1, 0.15) is 63.8 Å². The van der Waals surface area contributed by atoms with Crippen molar-refractivity contribution in [2.45, 2.75) is 74.3 Å². The van der Waals surface area contributed by atoms with Crippen molar-refractivity contribution >= 4 is 22.7 Å². The van der Waals surface area contributed by atoms with Crippen molar-refractivity contribution in [1.82, 2.24) is 0 Å². The number of anilines is 4. The molecule has 0 fully saturated rings.